The molecule has 2 rings (SSSR count). The zero-order valence-corrected chi connectivity index (χ0v) is 16.9. The van der Waals surface area contributed by atoms with Gasteiger partial charge in [-0.1, -0.05) is 32.0 Å². The molecule has 1 amide bonds. The number of guanidine groups is 1. The number of hydrogen-bond acceptors (Lipinski definition) is 3. The molecule has 0 bridgehead atoms. The number of fused-ring (bicyclic) bond motifs is 1. The maximum atomic E-state index is 12.7. The SMILES string of the molecule is CCNC(=NCC(=O)N1CCc2ccccc21)NCC(CC)(CC)CCO. The number of nitrogens with one attached hydrogen (secondary N) is 2. The van der Waals surface area contributed by atoms with Crippen LogP contribution in [-0.2, 0) is 11.2 Å². The molecule has 0 atom stereocenters. The van der Waals surface area contributed by atoms with E-state index in [0.29, 0.717) is 5.96 Å². The number of hydrogen-bond donors (Lipinski definition) is 3. The first-order valence-electron chi connectivity index (χ1n) is 10.1. The average molecular weight is 375 g/mol. The highest BCUT2D eigenvalue weighted by Crippen LogP contribution is 2.29. The van der Waals surface area contributed by atoms with Crippen molar-refractivity contribution < 1.29 is 9.90 Å². The van der Waals surface area contributed by atoms with Gasteiger partial charge in [0.15, 0.2) is 5.96 Å². The molecule has 0 saturated carbocycles. The van der Waals surface area contributed by atoms with Gasteiger partial charge in [-0.2, -0.15) is 0 Å². The Morgan fingerprint density at radius 1 is 1.22 bits per heavy atom. The van der Waals surface area contributed by atoms with Gasteiger partial charge >= 0.3 is 0 Å². The van der Waals surface area contributed by atoms with Gasteiger partial charge in [0.05, 0.1) is 0 Å². The summed E-state index contributed by atoms with van der Waals surface area (Å²) < 4.78 is 0. The number of aliphatic imine (C=N–C) groups is 1. The summed E-state index contributed by atoms with van der Waals surface area (Å²) in [5.74, 6) is 0.673. The molecule has 1 aromatic carbocycles. The van der Waals surface area contributed by atoms with Crippen LogP contribution in [0.1, 0.15) is 45.6 Å². The van der Waals surface area contributed by atoms with Crippen molar-refractivity contribution in [2.45, 2.75) is 46.5 Å². The molecule has 1 heterocycles. The largest absolute Gasteiger partial charge is 0.396 e. The first-order chi connectivity index (χ1) is 13.1. The van der Waals surface area contributed by atoms with E-state index in [9.17, 15) is 9.90 Å². The maximum Gasteiger partial charge on any atom is 0.248 e. The summed E-state index contributed by atoms with van der Waals surface area (Å²) in [6.07, 6.45) is 3.64. The summed E-state index contributed by atoms with van der Waals surface area (Å²) >= 11 is 0. The number of carbonyl (C=O) groups is 1. The number of rotatable bonds is 9. The van der Waals surface area contributed by atoms with Gasteiger partial charge in [0.2, 0.25) is 5.91 Å². The third-order valence-electron chi connectivity index (χ3n) is 5.68. The number of aliphatic hydroxyl groups excluding tert-OH is 1. The van der Waals surface area contributed by atoms with Crippen LogP contribution in [0.5, 0.6) is 0 Å². The van der Waals surface area contributed by atoms with Gasteiger partial charge in [0, 0.05) is 31.9 Å². The van der Waals surface area contributed by atoms with Crippen molar-refractivity contribution in [3.05, 3.63) is 29.8 Å². The van der Waals surface area contributed by atoms with E-state index in [1.54, 1.807) is 0 Å². The van der Waals surface area contributed by atoms with Crippen molar-refractivity contribution in [3.8, 4) is 0 Å². The Balaban J connectivity index is 1.99. The molecule has 0 aromatic heterocycles. The van der Waals surface area contributed by atoms with Crippen molar-refractivity contribution in [2.24, 2.45) is 10.4 Å². The molecule has 0 fully saturated rings. The van der Waals surface area contributed by atoms with Crippen LogP contribution in [0, 0.1) is 5.41 Å². The third kappa shape index (κ3) is 5.45. The molecule has 0 radical (unpaired) electrons. The number of benzene rings is 1. The van der Waals surface area contributed by atoms with E-state index in [2.05, 4.69) is 35.5 Å². The minimum atomic E-state index is 0.0183. The van der Waals surface area contributed by atoms with Crippen LogP contribution in [-0.4, -0.2) is 49.8 Å². The zero-order valence-electron chi connectivity index (χ0n) is 16.9. The summed E-state index contributed by atoms with van der Waals surface area (Å²) in [7, 11) is 0. The Hall–Kier alpha value is -2.08. The van der Waals surface area contributed by atoms with Crippen molar-refractivity contribution in [3.63, 3.8) is 0 Å². The highest BCUT2D eigenvalue weighted by molar-refractivity contribution is 5.98. The Morgan fingerprint density at radius 3 is 2.63 bits per heavy atom. The van der Waals surface area contributed by atoms with E-state index in [-0.39, 0.29) is 24.5 Å². The lowest BCUT2D eigenvalue weighted by Gasteiger charge is -2.32. The normalized spacial score (nSPS) is 14.2. The Labute approximate surface area is 163 Å². The van der Waals surface area contributed by atoms with Gasteiger partial charge in [0.1, 0.15) is 6.54 Å². The summed E-state index contributed by atoms with van der Waals surface area (Å²) in [4.78, 5) is 19.0. The lowest BCUT2D eigenvalue weighted by atomic mass is 9.79. The number of amides is 1. The summed E-state index contributed by atoms with van der Waals surface area (Å²) in [5.41, 5.74) is 2.28. The van der Waals surface area contributed by atoms with E-state index in [1.807, 2.05) is 30.0 Å². The predicted octanol–water partition coefficient (Wildman–Crippen LogP) is 2.32. The highest BCUT2D eigenvalue weighted by Gasteiger charge is 2.26. The van der Waals surface area contributed by atoms with Crippen LogP contribution in [0.2, 0.25) is 0 Å². The van der Waals surface area contributed by atoms with Crippen LogP contribution in [0.15, 0.2) is 29.3 Å². The molecule has 150 valence electrons. The van der Waals surface area contributed by atoms with Crippen LogP contribution >= 0.6 is 0 Å². The lowest BCUT2D eigenvalue weighted by Crippen LogP contribution is -2.44. The molecule has 1 aromatic rings. The molecule has 0 saturated heterocycles. The standard InChI is InChI=1S/C21H34N4O2/c1-4-21(5-2,12-14-26)16-24-20(22-6-3)23-15-19(27)25-13-11-17-9-7-8-10-18(17)25/h7-10,26H,4-6,11-16H2,1-3H3,(H2,22,23,24). The number of nitrogens with zero attached hydrogens (tertiary/aromatic N) is 2. The number of anilines is 1. The van der Waals surface area contributed by atoms with E-state index < -0.39 is 0 Å². The smallest absolute Gasteiger partial charge is 0.248 e. The second-order valence-electron chi connectivity index (χ2n) is 7.15. The van der Waals surface area contributed by atoms with Gasteiger partial charge in [-0.15, -0.1) is 0 Å². The molecule has 1 aliphatic rings. The fourth-order valence-corrected chi connectivity index (χ4v) is 3.62. The monoisotopic (exact) mass is 374 g/mol. The summed E-state index contributed by atoms with van der Waals surface area (Å²) in [6.45, 7) is 8.81. The summed E-state index contributed by atoms with van der Waals surface area (Å²) in [6, 6.07) is 8.06. The predicted molar refractivity (Wildman–Crippen MR) is 111 cm³/mol. The number of aliphatic hydroxyl groups is 1. The van der Waals surface area contributed by atoms with Crippen LogP contribution in [0.3, 0.4) is 0 Å². The molecule has 0 aliphatic carbocycles. The minimum Gasteiger partial charge on any atom is -0.396 e. The van der Waals surface area contributed by atoms with Crippen LogP contribution in [0.4, 0.5) is 5.69 Å². The molecule has 6 heteroatoms. The van der Waals surface area contributed by atoms with Gasteiger partial charge in [-0.25, -0.2) is 4.99 Å². The summed E-state index contributed by atoms with van der Waals surface area (Å²) in [5, 5.41) is 16.0. The highest BCUT2D eigenvalue weighted by atomic mass is 16.3. The number of carbonyl (C=O) groups excluding carboxylic acids is 1. The Bertz CT molecular complexity index is 641. The van der Waals surface area contributed by atoms with E-state index in [0.717, 1.165) is 51.0 Å². The average Bonchev–Trinajstić information content (AvgIpc) is 3.13. The number of para-hydroxylation sites is 1. The van der Waals surface area contributed by atoms with Gasteiger partial charge in [-0.05, 0) is 49.7 Å². The van der Waals surface area contributed by atoms with Crippen molar-refractivity contribution in [1.82, 2.24) is 10.6 Å². The lowest BCUT2D eigenvalue weighted by molar-refractivity contribution is -0.117. The Kier molecular flexibility index (Phi) is 8.10. The Morgan fingerprint density at radius 2 is 1.96 bits per heavy atom. The molecular formula is C21H34N4O2. The quantitative estimate of drug-likeness (QED) is 0.458. The van der Waals surface area contributed by atoms with E-state index >= 15 is 0 Å². The molecule has 3 N–H and O–H groups in total. The second-order valence-corrected chi connectivity index (χ2v) is 7.15. The molecule has 1 aliphatic heterocycles. The zero-order chi connectivity index (χ0) is 19.7. The van der Waals surface area contributed by atoms with Crippen molar-refractivity contribution in [1.29, 1.82) is 0 Å². The second kappa shape index (κ2) is 10.3. The minimum absolute atomic E-state index is 0.0183. The first-order valence-corrected chi connectivity index (χ1v) is 10.1. The van der Waals surface area contributed by atoms with Gasteiger partial charge in [-0.3, -0.25) is 4.79 Å². The van der Waals surface area contributed by atoms with Crippen LogP contribution < -0.4 is 15.5 Å². The molecule has 6 nitrogen and oxygen atoms in total. The van der Waals surface area contributed by atoms with Crippen LogP contribution in [0.25, 0.3) is 0 Å². The maximum absolute atomic E-state index is 12.7. The van der Waals surface area contributed by atoms with Gasteiger partial charge in [0.25, 0.3) is 0 Å². The molecule has 27 heavy (non-hydrogen) atoms. The van der Waals surface area contributed by atoms with E-state index in [1.165, 1.54) is 5.56 Å². The third-order valence-corrected chi connectivity index (χ3v) is 5.68. The molecule has 0 spiro atoms. The topological polar surface area (TPSA) is 77.0 Å². The first kappa shape index (κ1) is 21.2. The van der Waals surface area contributed by atoms with Crippen molar-refractivity contribution >= 4 is 17.6 Å². The van der Waals surface area contributed by atoms with E-state index in [4.69, 9.17) is 0 Å². The molecule has 0 unspecified atom stereocenters. The fourth-order valence-electron chi connectivity index (χ4n) is 3.62. The molecular weight excluding hydrogens is 340 g/mol. The van der Waals surface area contributed by atoms with Crippen molar-refractivity contribution in [2.75, 3.05) is 37.7 Å². The van der Waals surface area contributed by atoms with Gasteiger partial charge < -0.3 is 20.6 Å². The fraction of sp³-hybridized carbons (Fsp3) is 0.619.